The number of sulfonamides is 1. The Morgan fingerprint density at radius 1 is 1.36 bits per heavy atom. The van der Waals surface area contributed by atoms with E-state index in [1.807, 2.05) is 4.72 Å². The molecule has 0 bridgehead atoms. The highest BCUT2D eigenvalue weighted by Crippen LogP contribution is 2.24. The molecule has 1 aromatic rings. The predicted octanol–water partition coefficient (Wildman–Crippen LogP) is 1.07. The highest BCUT2D eigenvalue weighted by atomic mass is 79.9. The summed E-state index contributed by atoms with van der Waals surface area (Å²) in [6.45, 7) is -0.995. The molecule has 2 amide bonds. The molecule has 1 aliphatic rings. The molecule has 11 heteroatoms. The van der Waals surface area contributed by atoms with Crippen molar-refractivity contribution in [3.8, 4) is 0 Å². The van der Waals surface area contributed by atoms with E-state index in [4.69, 9.17) is 16.3 Å². The van der Waals surface area contributed by atoms with Gasteiger partial charge in [0.05, 0.1) is 5.02 Å². The van der Waals surface area contributed by atoms with E-state index < -0.39 is 35.1 Å². The summed E-state index contributed by atoms with van der Waals surface area (Å²) < 4.78 is 31.6. The van der Waals surface area contributed by atoms with Gasteiger partial charge in [0.15, 0.2) is 6.61 Å². The Morgan fingerprint density at radius 2 is 2.08 bits per heavy atom. The fourth-order valence-corrected chi connectivity index (χ4v) is 4.11. The molecule has 1 heterocycles. The van der Waals surface area contributed by atoms with Crippen LogP contribution in [-0.4, -0.2) is 50.8 Å². The second-order valence-corrected chi connectivity index (χ2v) is 8.16. The first-order valence-electron chi connectivity index (χ1n) is 7.14. The third-order valence-electron chi connectivity index (χ3n) is 3.32. The van der Waals surface area contributed by atoms with E-state index in [2.05, 4.69) is 15.9 Å². The second-order valence-electron chi connectivity index (χ2n) is 5.10. The van der Waals surface area contributed by atoms with Crippen molar-refractivity contribution in [3.63, 3.8) is 0 Å². The molecule has 0 radical (unpaired) electrons. The van der Waals surface area contributed by atoms with Crippen LogP contribution in [0, 0.1) is 0 Å². The molecule has 0 spiro atoms. The van der Waals surface area contributed by atoms with Crippen LogP contribution in [0.2, 0.25) is 5.02 Å². The first-order chi connectivity index (χ1) is 11.7. The molecule has 0 aliphatic carbocycles. The van der Waals surface area contributed by atoms with Gasteiger partial charge in [-0.1, -0.05) is 27.5 Å². The van der Waals surface area contributed by atoms with E-state index in [0.29, 0.717) is 17.4 Å². The molecule has 2 rings (SSSR count). The summed E-state index contributed by atoms with van der Waals surface area (Å²) in [5.41, 5.74) is 0. The minimum Gasteiger partial charge on any atom is -0.455 e. The van der Waals surface area contributed by atoms with Gasteiger partial charge in [-0.25, -0.2) is 8.42 Å². The van der Waals surface area contributed by atoms with Crippen molar-refractivity contribution in [2.75, 3.05) is 19.7 Å². The maximum absolute atomic E-state index is 12.1. The number of likely N-dealkylation sites (tertiary alicyclic amines) is 1. The van der Waals surface area contributed by atoms with Gasteiger partial charge in [0.1, 0.15) is 11.4 Å². The molecule has 1 saturated heterocycles. The number of carbonyl (C=O) groups is 3. The van der Waals surface area contributed by atoms with Crippen molar-refractivity contribution < 1.29 is 27.5 Å². The number of esters is 1. The first kappa shape index (κ1) is 19.8. The summed E-state index contributed by atoms with van der Waals surface area (Å²) in [5, 5.41) is -0.0158. The maximum atomic E-state index is 12.1. The Bertz CT molecular complexity index is 814. The topological polar surface area (TPSA) is 110 Å². The van der Waals surface area contributed by atoms with Crippen molar-refractivity contribution >= 4 is 55.3 Å². The fraction of sp³-hybridized carbons (Fsp3) is 0.357. The fourth-order valence-electron chi connectivity index (χ4n) is 2.11. The molecule has 0 unspecified atom stereocenters. The number of carbonyl (C=O) groups excluding carboxylic acids is 3. The van der Waals surface area contributed by atoms with E-state index in [0.717, 1.165) is 4.90 Å². The number of nitrogens with one attached hydrogen (secondary N) is 1. The van der Waals surface area contributed by atoms with E-state index in [1.54, 1.807) is 0 Å². The smallest absolute Gasteiger partial charge is 0.321 e. The number of benzene rings is 1. The number of imide groups is 1. The highest BCUT2D eigenvalue weighted by Gasteiger charge is 2.27. The molecule has 1 N–H and O–H groups in total. The van der Waals surface area contributed by atoms with Crippen molar-refractivity contribution in [1.29, 1.82) is 0 Å². The third kappa shape index (κ3) is 5.24. The van der Waals surface area contributed by atoms with Gasteiger partial charge in [-0.15, -0.1) is 0 Å². The zero-order valence-electron chi connectivity index (χ0n) is 12.8. The molecule has 0 atom stereocenters. The van der Waals surface area contributed by atoms with Crippen molar-refractivity contribution in [3.05, 3.63) is 27.7 Å². The van der Waals surface area contributed by atoms with Crippen LogP contribution in [0.3, 0.4) is 0 Å². The average Bonchev–Trinajstić information content (AvgIpc) is 2.96. The lowest BCUT2D eigenvalue weighted by molar-refractivity contribution is -0.153. The number of halogens is 2. The molecule has 8 nitrogen and oxygen atoms in total. The molecule has 136 valence electrons. The molecular formula is C14H14BrClN2O6S. The Kier molecular flexibility index (Phi) is 6.55. The summed E-state index contributed by atoms with van der Waals surface area (Å²) in [5.74, 6) is -1.89. The predicted molar refractivity (Wildman–Crippen MR) is 91.3 cm³/mol. The van der Waals surface area contributed by atoms with Gasteiger partial charge in [-0.2, -0.15) is 4.72 Å². The number of ether oxygens (including phenoxy) is 1. The molecule has 0 aromatic heterocycles. The highest BCUT2D eigenvalue weighted by molar-refractivity contribution is 9.10. The third-order valence-corrected chi connectivity index (χ3v) is 5.70. The number of hydrogen-bond acceptors (Lipinski definition) is 6. The maximum Gasteiger partial charge on any atom is 0.321 e. The standard InChI is InChI=1S/C14H14BrClN2O6S/c15-9-3-4-11(10(16)6-9)25(22,23)17-7-14(21)24-8-13(20)18-5-1-2-12(18)19/h3-4,6,17H,1-2,5,7-8H2. The van der Waals surface area contributed by atoms with Crippen LogP contribution in [-0.2, 0) is 29.1 Å². The van der Waals surface area contributed by atoms with Crippen molar-refractivity contribution in [2.45, 2.75) is 17.7 Å². The molecule has 25 heavy (non-hydrogen) atoms. The number of amides is 2. The van der Waals surface area contributed by atoms with Gasteiger partial charge in [-0.3, -0.25) is 19.3 Å². The lowest BCUT2D eigenvalue weighted by Gasteiger charge is -2.13. The Balaban J connectivity index is 1.86. The van der Waals surface area contributed by atoms with Gasteiger partial charge in [0, 0.05) is 17.4 Å². The second kappa shape index (κ2) is 8.26. The van der Waals surface area contributed by atoms with Gasteiger partial charge >= 0.3 is 5.97 Å². The summed E-state index contributed by atoms with van der Waals surface area (Å²) in [6, 6.07) is 4.17. The van der Waals surface area contributed by atoms with Crippen LogP contribution in [0.15, 0.2) is 27.6 Å². The summed E-state index contributed by atoms with van der Waals surface area (Å²) in [4.78, 5) is 35.6. The van der Waals surface area contributed by atoms with Crippen LogP contribution in [0.4, 0.5) is 0 Å². The number of hydrogen-bond donors (Lipinski definition) is 1. The van der Waals surface area contributed by atoms with Gasteiger partial charge in [-0.05, 0) is 24.6 Å². The van der Waals surface area contributed by atoms with Crippen LogP contribution < -0.4 is 4.72 Å². The van der Waals surface area contributed by atoms with E-state index in [1.165, 1.54) is 18.2 Å². The molecular weight excluding hydrogens is 440 g/mol. The van der Waals surface area contributed by atoms with Gasteiger partial charge in [0.2, 0.25) is 15.9 Å². The van der Waals surface area contributed by atoms with Gasteiger partial charge < -0.3 is 4.74 Å². The summed E-state index contributed by atoms with van der Waals surface area (Å²) in [6.07, 6.45) is 0.861. The molecule has 1 fully saturated rings. The van der Waals surface area contributed by atoms with E-state index >= 15 is 0 Å². The minimum atomic E-state index is -4.02. The zero-order chi connectivity index (χ0) is 18.6. The number of rotatable bonds is 6. The lowest BCUT2D eigenvalue weighted by Crippen LogP contribution is -2.37. The Morgan fingerprint density at radius 3 is 2.68 bits per heavy atom. The van der Waals surface area contributed by atoms with Crippen molar-refractivity contribution in [1.82, 2.24) is 9.62 Å². The monoisotopic (exact) mass is 452 g/mol. The quantitative estimate of drug-likeness (QED) is 0.645. The Hall–Kier alpha value is -1.49. The minimum absolute atomic E-state index is 0.0158. The van der Waals surface area contributed by atoms with Crippen LogP contribution >= 0.6 is 27.5 Å². The zero-order valence-corrected chi connectivity index (χ0v) is 16.0. The van der Waals surface area contributed by atoms with Gasteiger partial charge in [0.25, 0.3) is 5.91 Å². The van der Waals surface area contributed by atoms with Crippen molar-refractivity contribution in [2.24, 2.45) is 0 Å². The van der Waals surface area contributed by atoms with E-state index in [-0.39, 0.29) is 22.2 Å². The normalized spacial score (nSPS) is 14.6. The van der Waals surface area contributed by atoms with Crippen LogP contribution in [0.25, 0.3) is 0 Å². The molecule has 0 saturated carbocycles. The summed E-state index contributed by atoms with van der Waals surface area (Å²) >= 11 is 9.03. The average molecular weight is 454 g/mol. The first-order valence-corrected chi connectivity index (χ1v) is 9.79. The van der Waals surface area contributed by atoms with Crippen LogP contribution in [0.5, 0.6) is 0 Å². The SMILES string of the molecule is O=C(CNS(=O)(=O)c1ccc(Br)cc1Cl)OCC(=O)N1CCCC1=O. The molecule has 1 aromatic carbocycles. The van der Waals surface area contributed by atoms with Crippen LogP contribution in [0.1, 0.15) is 12.8 Å². The number of nitrogens with zero attached hydrogens (tertiary/aromatic N) is 1. The Labute approximate surface area is 157 Å². The molecule has 1 aliphatic heterocycles. The summed E-state index contributed by atoms with van der Waals surface area (Å²) in [7, 11) is -4.02. The largest absolute Gasteiger partial charge is 0.455 e. The van der Waals surface area contributed by atoms with E-state index in [9.17, 15) is 22.8 Å². The lowest BCUT2D eigenvalue weighted by atomic mass is 10.4.